The number of hydrogen-bond donors (Lipinski definition) is 2. The summed E-state index contributed by atoms with van der Waals surface area (Å²) < 4.78 is 38.8. The Morgan fingerprint density at radius 1 is 1.07 bits per heavy atom. The van der Waals surface area contributed by atoms with Crippen molar-refractivity contribution in [2.45, 2.75) is 30.7 Å². The van der Waals surface area contributed by atoms with E-state index >= 15 is 0 Å². The van der Waals surface area contributed by atoms with Crippen LogP contribution in [-0.4, -0.2) is 34.7 Å². The molecule has 0 bridgehead atoms. The molecule has 1 fully saturated rings. The van der Waals surface area contributed by atoms with Gasteiger partial charge in [0.2, 0.25) is 0 Å². The average molecular weight is 400 g/mol. The second-order valence-electron chi connectivity index (χ2n) is 6.98. The fourth-order valence-corrected chi connectivity index (χ4v) is 3.54. The van der Waals surface area contributed by atoms with Crippen LogP contribution in [-0.2, 0) is 11.8 Å². The molecule has 0 radical (unpaired) electrons. The molecule has 2 aromatic rings. The summed E-state index contributed by atoms with van der Waals surface area (Å²) in [5.41, 5.74) is -1.01. The first-order chi connectivity index (χ1) is 12.7. The van der Waals surface area contributed by atoms with E-state index in [1.807, 2.05) is 4.90 Å². The Morgan fingerprint density at radius 3 is 2.30 bits per heavy atom. The first-order valence-electron chi connectivity index (χ1n) is 8.73. The van der Waals surface area contributed by atoms with Crippen LogP contribution in [0.5, 0.6) is 0 Å². The van der Waals surface area contributed by atoms with Gasteiger partial charge in [0, 0.05) is 24.7 Å². The van der Waals surface area contributed by atoms with Gasteiger partial charge in [-0.1, -0.05) is 35.9 Å². The maximum atomic E-state index is 12.9. The fourth-order valence-electron chi connectivity index (χ4n) is 3.41. The van der Waals surface area contributed by atoms with E-state index in [1.54, 1.807) is 24.3 Å². The Balaban J connectivity index is 1.63. The highest BCUT2D eigenvalue weighted by Crippen LogP contribution is 2.37. The minimum atomic E-state index is -4.43. The molecule has 1 saturated heterocycles. The first-order valence-corrected chi connectivity index (χ1v) is 9.11. The highest BCUT2D eigenvalue weighted by molar-refractivity contribution is 6.30. The second-order valence-corrected chi connectivity index (χ2v) is 7.41. The van der Waals surface area contributed by atoms with Crippen LogP contribution >= 0.6 is 11.6 Å². The fraction of sp³-hybridized carbons (Fsp3) is 0.400. The Bertz CT molecular complexity index is 772. The molecule has 0 unspecified atom stereocenters. The molecule has 0 aliphatic carbocycles. The minimum Gasteiger partial charge on any atom is -0.387 e. The highest BCUT2D eigenvalue weighted by atomic mass is 35.5. The van der Waals surface area contributed by atoms with Gasteiger partial charge in [-0.2, -0.15) is 13.2 Å². The van der Waals surface area contributed by atoms with Crippen molar-refractivity contribution < 1.29 is 23.4 Å². The van der Waals surface area contributed by atoms with E-state index < -0.39 is 23.4 Å². The maximum Gasteiger partial charge on any atom is 0.416 e. The highest BCUT2D eigenvalue weighted by Gasteiger charge is 2.37. The van der Waals surface area contributed by atoms with E-state index in [4.69, 9.17) is 11.6 Å². The van der Waals surface area contributed by atoms with Crippen molar-refractivity contribution in [1.82, 2.24) is 4.90 Å². The average Bonchev–Trinajstić information content (AvgIpc) is 2.64. The molecule has 1 atom stereocenters. The molecule has 146 valence electrons. The summed E-state index contributed by atoms with van der Waals surface area (Å²) in [5.74, 6) is 0. The van der Waals surface area contributed by atoms with Gasteiger partial charge in [0.25, 0.3) is 0 Å². The number of nitrogens with zero attached hydrogens (tertiary/aromatic N) is 1. The van der Waals surface area contributed by atoms with Gasteiger partial charge in [-0.3, -0.25) is 0 Å². The van der Waals surface area contributed by atoms with E-state index in [2.05, 4.69) is 0 Å². The molecule has 1 aliphatic heterocycles. The lowest BCUT2D eigenvalue weighted by atomic mass is 9.83. The summed E-state index contributed by atoms with van der Waals surface area (Å²) >= 11 is 5.85. The molecule has 3 nitrogen and oxygen atoms in total. The van der Waals surface area contributed by atoms with Gasteiger partial charge in [-0.15, -0.1) is 0 Å². The molecule has 1 heterocycles. The normalized spacial score (nSPS) is 19.0. The second kappa shape index (κ2) is 7.80. The number of aliphatic hydroxyl groups is 2. The van der Waals surface area contributed by atoms with Crippen LogP contribution in [0.4, 0.5) is 13.2 Å². The van der Waals surface area contributed by atoms with Gasteiger partial charge < -0.3 is 15.1 Å². The molecule has 27 heavy (non-hydrogen) atoms. The number of likely N-dealkylation sites (tertiary alicyclic amines) is 1. The van der Waals surface area contributed by atoms with E-state index in [0.29, 0.717) is 37.5 Å². The van der Waals surface area contributed by atoms with Crippen molar-refractivity contribution in [3.63, 3.8) is 0 Å². The molecule has 0 spiro atoms. The SMILES string of the molecule is O[C@H](CN1CCC(O)(c2cccc(C(F)(F)F)c2)CC1)c1ccc(Cl)cc1. The van der Waals surface area contributed by atoms with Crippen molar-refractivity contribution in [2.75, 3.05) is 19.6 Å². The van der Waals surface area contributed by atoms with Crippen LogP contribution in [0, 0.1) is 0 Å². The third kappa shape index (κ3) is 4.82. The number of benzene rings is 2. The van der Waals surface area contributed by atoms with E-state index in [1.165, 1.54) is 12.1 Å². The summed E-state index contributed by atoms with van der Waals surface area (Å²) in [5, 5.41) is 21.8. The molecule has 0 aromatic heterocycles. The van der Waals surface area contributed by atoms with Gasteiger partial charge in [0.05, 0.1) is 17.3 Å². The number of rotatable bonds is 4. The van der Waals surface area contributed by atoms with E-state index in [-0.39, 0.29) is 5.56 Å². The van der Waals surface area contributed by atoms with Crippen molar-refractivity contribution >= 4 is 11.6 Å². The summed E-state index contributed by atoms with van der Waals surface area (Å²) in [4.78, 5) is 2.00. The van der Waals surface area contributed by atoms with E-state index in [0.717, 1.165) is 17.7 Å². The Kier molecular flexibility index (Phi) is 5.82. The molecule has 2 N–H and O–H groups in total. The zero-order valence-electron chi connectivity index (χ0n) is 14.6. The Hall–Kier alpha value is -1.60. The van der Waals surface area contributed by atoms with Crippen molar-refractivity contribution in [3.05, 3.63) is 70.2 Å². The number of hydrogen-bond acceptors (Lipinski definition) is 3. The molecular formula is C20H21ClF3NO2. The third-order valence-corrected chi connectivity index (χ3v) is 5.35. The minimum absolute atomic E-state index is 0.287. The molecule has 0 amide bonds. The molecule has 0 saturated carbocycles. The lowest BCUT2D eigenvalue weighted by Crippen LogP contribution is -2.44. The van der Waals surface area contributed by atoms with Gasteiger partial charge >= 0.3 is 6.18 Å². The number of halogens is 4. The third-order valence-electron chi connectivity index (χ3n) is 5.10. The number of β-amino-alcohol motifs (C(OH)–C–C–N with tert-alkyl or cyclic N) is 1. The van der Waals surface area contributed by atoms with Crippen LogP contribution in [0.3, 0.4) is 0 Å². The number of alkyl halides is 3. The predicted molar refractivity (Wildman–Crippen MR) is 97.4 cm³/mol. The quantitative estimate of drug-likeness (QED) is 0.802. The largest absolute Gasteiger partial charge is 0.416 e. The Labute approximate surface area is 161 Å². The van der Waals surface area contributed by atoms with E-state index in [9.17, 15) is 23.4 Å². The van der Waals surface area contributed by atoms with Crippen molar-refractivity contribution in [1.29, 1.82) is 0 Å². The number of aliphatic hydroxyl groups excluding tert-OH is 1. The predicted octanol–water partition coefficient (Wildman–Crippen LogP) is 4.38. The lowest BCUT2D eigenvalue weighted by molar-refractivity contribution is -0.137. The molecule has 1 aliphatic rings. The summed E-state index contributed by atoms with van der Waals surface area (Å²) in [7, 11) is 0. The standard InChI is InChI=1S/C20H21ClF3NO2/c21-17-6-4-14(5-7-17)18(26)13-25-10-8-19(27,9-11-25)15-2-1-3-16(12-15)20(22,23)24/h1-7,12,18,26-27H,8-11,13H2/t18-/m1/s1. The zero-order valence-corrected chi connectivity index (χ0v) is 15.3. The maximum absolute atomic E-state index is 12.9. The topological polar surface area (TPSA) is 43.7 Å². The van der Waals surface area contributed by atoms with Crippen molar-refractivity contribution in [3.8, 4) is 0 Å². The van der Waals surface area contributed by atoms with Crippen LogP contribution in [0.1, 0.15) is 35.6 Å². The molecule has 2 aromatic carbocycles. The van der Waals surface area contributed by atoms with Gasteiger partial charge in [-0.05, 0) is 48.2 Å². The Morgan fingerprint density at radius 2 is 1.70 bits per heavy atom. The van der Waals surface area contributed by atoms with Gasteiger partial charge in [-0.25, -0.2) is 0 Å². The molecule has 3 rings (SSSR count). The van der Waals surface area contributed by atoms with Crippen LogP contribution in [0.25, 0.3) is 0 Å². The summed E-state index contributed by atoms with van der Waals surface area (Å²) in [6, 6.07) is 11.8. The monoisotopic (exact) mass is 399 g/mol. The first kappa shape index (κ1) is 20.1. The van der Waals surface area contributed by atoms with Crippen LogP contribution < -0.4 is 0 Å². The molecule has 7 heteroatoms. The zero-order chi connectivity index (χ0) is 19.7. The van der Waals surface area contributed by atoms with Crippen molar-refractivity contribution in [2.24, 2.45) is 0 Å². The lowest BCUT2D eigenvalue weighted by Gasteiger charge is -2.39. The van der Waals surface area contributed by atoms with Gasteiger partial charge in [0.15, 0.2) is 0 Å². The van der Waals surface area contributed by atoms with Gasteiger partial charge in [0.1, 0.15) is 0 Å². The number of piperidine rings is 1. The summed E-state index contributed by atoms with van der Waals surface area (Å²) in [6.07, 6.45) is -4.51. The van der Waals surface area contributed by atoms with Crippen LogP contribution in [0.15, 0.2) is 48.5 Å². The molecular weight excluding hydrogens is 379 g/mol. The van der Waals surface area contributed by atoms with Crippen LogP contribution in [0.2, 0.25) is 5.02 Å². The smallest absolute Gasteiger partial charge is 0.387 e. The summed E-state index contributed by atoms with van der Waals surface area (Å²) in [6.45, 7) is 1.36.